The largest absolute Gasteiger partial charge is 0.288 e. The molecule has 0 saturated carbocycles. The lowest BCUT2D eigenvalue weighted by atomic mass is 10.0. The predicted molar refractivity (Wildman–Crippen MR) is 86.9 cm³/mol. The Morgan fingerprint density at radius 1 is 1.15 bits per heavy atom. The molecule has 2 aromatic rings. The molecule has 0 unspecified atom stereocenters. The van der Waals surface area contributed by atoms with E-state index in [1.165, 1.54) is 39.6 Å². The lowest BCUT2D eigenvalue weighted by molar-refractivity contribution is -0.109. The molecule has 0 spiro atoms. The lowest BCUT2D eigenvalue weighted by Crippen LogP contribution is -1.83. The molecule has 1 nitrogen and oxygen atoms in total. The summed E-state index contributed by atoms with van der Waals surface area (Å²) < 4.78 is 0. The van der Waals surface area contributed by atoms with Crippen LogP contribution in [-0.4, -0.2) is 10.9 Å². The first kappa shape index (κ1) is 13.2. The Morgan fingerprint density at radius 3 is 2.80 bits per heavy atom. The SMILES string of the molecule is CC(=O)SCC=Cc1ccc2c(c1)Cc1ccccc1-2. The van der Waals surface area contributed by atoms with E-state index in [9.17, 15) is 4.79 Å². The Balaban J connectivity index is 1.79. The summed E-state index contributed by atoms with van der Waals surface area (Å²) in [5.74, 6) is 0.743. The minimum absolute atomic E-state index is 0.166. The predicted octanol–water partition coefficient (Wildman–Crippen LogP) is 4.55. The lowest BCUT2D eigenvalue weighted by Gasteiger charge is -2.02. The monoisotopic (exact) mass is 280 g/mol. The van der Waals surface area contributed by atoms with Gasteiger partial charge in [0.1, 0.15) is 0 Å². The summed E-state index contributed by atoms with van der Waals surface area (Å²) >= 11 is 1.34. The third-order valence-electron chi connectivity index (χ3n) is 3.51. The molecule has 0 bridgehead atoms. The molecule has 0 aromatic heterocycles. The number of fused-ring (bicyclic) bond motifs is 3. The number of benzene rings is 2. The van der Waals surface area contributed by atoms with Gasteiger partial charge in [-0.3, -0.25) is 4.79 Å². The maximum atomic E-state index is 10.9. The summed E-state index contributed by atoms with van der Waals surface area (Å²) in [6, 6.07) is 15.2. The summed E-state index contributed by atoms with van der Waals surface area (Å²) in [5.41, 5.74) is 6.74. The van der Waals surface area contributed by atoms with Gasteiger partial charge in [-0.15, -0.1) is 0 Å². The molecular weight excluding hydrogens is 264 g/mol. The van der Waals surface area contributed by atoms with Crippen molar-refractivity contribution >= 4 is 23.0 Å². The second kappa shape index (κ2) is 5.68. The van der Waals surface area contributed by atoms with Gasteiger partial charge in [-0.2, -0.15) is 0 Å². The summed E-state index contributed by atoms with van der Waals surface area (Å²) in [5, 5.41) is 0.166. The second-order valence-electron chi connectivity index (χ2n) is 4.96. The van der Waals surface area contributed by atoms with E-state index in [2.05, 4.69) is 54.6 Å². The Kier molecular flexibility index (Phi) is 3.75. The van der Waals surface area contributed by atoms with Crippen molar-refractivity contribution in [3.63, 3.8) is 0 Å². The minimum atomic E-state index is 0.166. The van der Waals surface area contributed by atoms with Gasteiger partial charge in [0.2, 0.25) is 0 Å². The molecule has 0 fully saturated rings. The second-order valence-corrected chi connectivity index (χ2v) is 6.15. The van der Waals surface area contributed by atoms with Crippen LogP contribution >= 0.6 is 11.8 Å². The van der Waals surface area contributed by atoms with Crippen LogP contribution < -0.4 is 0 Å². The smallest absolute Gasteiger partial charge is 0.186 e. The van der Waals surface area contributed by atoms with Crippen LogP contribution in [0.2, 0.25) is 0 Å². The van der Waals surface area contributed by atoms with E-state index in [1.54, 1.807) is 6.92 Å². The van der Waals surface area contributed by atoms with E-state index >= 15 is 0 Å². The maximum Gasteiger partial charge on any atom is 0.186 e. The van der Waals surface area contributed by atoms with Crippen LogP contribution in [0.3, 0.4) is 0 Å². The topological polar surface area (TPSA) is 17.1 Å². The normalized spacial score (nSPS) is 12.4. The van der Waals surface area contributed by atoms with Gasteiger partial charge in [-0.05, 0) is 34.2 Å². The molecule has 2 heteroatoms. The zero-order valence-electron chi connectivity index (χ0n) is 11.4. The molecule has 3 rings (SSSR count). The van der Waals surface area contributed by atoms with Gasteiger partial charge in [0.15, 0.2) is 5.12 Å². The summed E-state index contributed by atoms with van der Waals surface area (Å²) in [7, 11) is 0. The number of thioether (sulfide) groups is 1. The molecule has 0 heterocycles. The van der Waals surface area contributed by atoms with Crippen molar-refractivity contribution in [3.8, 4) is 11.1 Å². The molecule has 0 saturated heterocycles. The molecule has 2 aromatic carbocycles. The molecule has 0 radical (unpaired) electrons. The summed E-state index contributed by atoms with van der Waals surface area (Å²) in [6.45, 7) is 1.60. The van der Waals surface area contributed by atoms with E-state index in [0.29, 0.717) is 0 Å². The van der Waals surface area contributed by atoms with E-state index in [1.807, 2.05) is 0 Å². The first-order valence-electron chi connectivity index (χ1n) is 6.75. The van der Waals surface area contributed by atoms with Crippen LogP contribution in [0.1, 0.15) is 23.6 Å². The molecule has 0 amide bonds. The molecule has 0 N–H and O–H groups in total. The van der Waals surface area contributed by atoms with Crippen molar-refractivity contribution < 1.29 is 4.79 Å². The van der Waals surface area contributed by atoms with Gasteiger partial charge in [-0.1, -0.05) is 66.4 Å². The standard InChI is InChI=1S/C18H16OS/c1-13(19)20-10-4-5-14-8-9-18-16(11-14)12-15-6-2-3-7-17(15)18/h2-9,11H,10,12H2,1H3. The zero-order valence-corrected chi connectivity index (χ0v) is 12.2. The van der Waals surface area contributed by atoms with E-state index in [-0.39, 0.29) is 5.12 Å². The van der Waals surface area contributed by atoms with Crippen LogP contribution in [0, 0.1) is 0 Å². The Bertz CT molecular complexity index is 686. The first-order valence-corrected chi connectivity index (χ1v) is 7.74. The number of rotatable bonds is 3. The van der Waals surface area contributed by atoms with E-state index in [0.717, 1.165) is 12.2 Å². The van der Waals surface area contributed by atoms with Gasteiger partial charge >= 0.3 is 0 Å². The van der Waals surface area contributed by atoms with E-state index in [4.69, 9.17) is 0 Å². The Morgan fingerprint density at radius 2 is 1.95 bits per heavy atom. The average Bonchev–Trinajstić information content (AvgIpc) is 2.81. The van der Waals surface area contributed by atoms with Gasteiger partial charge in [0, 0.05) is 12.7 Å². The van der Waals surface area contributed by atoms with Crippen molar-refractivity contribution in [1.82, 2.24) is 0 Å². The molecule has 100 valence electrons. The highest BCUT2D eigenvalue weighted by atomic mass is 32.2. The van der Waals surface area contributed by atoms with Crippen molar-refractivity contribution in [2.75, 3.05) is 5.75 Å². The molecule has 1 aliphatic rings. The van der Waals surface area contributed by atoms with Crippen LogP contribution in [0.15, 0.2) is 48.5 Å². The number of hydrogen-bond acceptors (Lipinski definition) is 2. The van der Waals surface area contributed by atoms with Gasteiger partial charge in [0.25, 0.3) is 0 Å². The van der Waals surface area contributed by atoms with Crippen LogP contribution in [0.5, 0.6) is 0 Å². The van der Waals surface area contributed by atoms with Crippen molar-refractivity contribution in [2.45, 2.75) is 13.3 Å². The minimum Gasteiger partial charge on any atom is -0.288 e. The number of hydrogen-bond donors (Lipinski definition) is 0. The van der Waals surface area contributed by atoms with Gasteiger partial charge < -0.3 is 0 Å². The molecule has 20 heavy (non-hydrogen) atoms. The third kappa shape index (κ3) is 2.70. The molecule has 0 atom stereocenters. The van der Waals surface area contributed by atoms with Gasteiger partial charge in [0.05, 0.1) is 0 Å². The average molecular weight is 280 g/mol. The fourth-order valence-corrected chi connectivity index (χ4v) is 3.05. The Labute approximate surface area is 123 Å². The zero-order chi connectivity index (χ0) is 13.9. The fourth-order valence-electron chi connectivity index (χ4n) is 2.62. The van der Waals surface area contributed by atoms with Crippen molar-refractivity contribution in [1.29, 1.82) is 0 Å². The number of carbonyl (C=O) groups excluding carboxylic acids is 1. The van der Waals surface area contributed by atoms with Gasteiger partial charge in [-0.25, -0.2) is 0 Å². The first-order chi connectivity index (χ1) is 9.74. The van der Waals surface area contributed by atoms with E-state index < -0.39 is 0 Å². The highest BCUT2D eigenvalue weighted by Gasteiger charge is 2.17. The fraction of sp³-hybridized carbons (Fsp3) is 0.167. The Hall–Kier alpha value is -1.80. The van der Waals surface area contributed by atoms with Crippen LogP contribution in [0.4, 0.5) is 0 Å². The molecule has 0 aliphatic heterocycles. The third-order valence-corrected chi connectivity index (χ3v) is 4.28. The van der Waals surface area contributed by atoms with Crippen LogP contribution in [0.25, 0.3) is 17.2 Å². The highest BCUT2D eigenvalue weighted by molar-refractivity contribution is 8.13. The summed E-state index contributed by atoms with van der Waals surface area (Å²) in [4.78, 5) is 10.9. The molecule has 1 aliphatic carbocycles. The van der Waals surface area contributed by atoms with Crippen LogP contribution in [-0.2, 0) is 11.2 Å². The van der Waals surface area contributed by atoms with Crippen molar-refractivity contribution in [3.05, 3.63) is 65.2 Å². The van der Waals surface area contributed by atoms with Crippen molar-refractivity contribution in [2.24, 2.45) is 0 Å². The summed E-state index contributed by atoms with van der Waals surface area (Å²) in [6.07, 6.45) is 5.17. The highest BCUT2D eigenvalue weighted by Crippen LogP contribution is 2.36. The number of carbonyl (C=O) groups is 1. The molecular formula is C18H16OS. The quantitative estimate of drug-likeness (QED) is 0.700. The maximum absolute atomic E-state index is 10.9.